The smallest absolute Gasteiger partial charge is 0.341 e. The third kappa shape index (κ3) is 3.00. The van der Waals surface area contributed by atoms with Gasteiger partial charge in [-0.25, -0.2) is 4.79 Å². The Bertz CT molecular complexity index is 435. The Balaban J connectivity index is 3.27. The van der Waals surface area contributed by atoms with Crippen molar-refractivity contribution in [3.05, 3.63) is 35.6 Å². The number of esters is 1. The van der Waals surface area contributed by atoms with Crippen molar-refractivity contribution in [1.82, 2.24) is 0 Å². The average molecular weight is 236 g/mol. The molecule has 0 atom stereocenters. The van der Waals surface area contributed by atoms with Crippen molar-refractivity contribution in [1.29, 1.82) is 0 Å². The Morgan fingerprint density at radius 3 is 2.47 bits per heavy atom. The number of hydrogen-bond acceptors (Lipinski definition) is 4. The fraction of sp³-hybridized carbons (Fsp3) is 0.308. The van der Waals surface area contributed by atoms with Gasteiger partial charge in [-0.05, 0) is 30.2 Å². The Morgan fingerprint density at radius 1 is 1.24 bits per heavy atom. The first kappa shape index (κ1) is 13.1. The fourth-order valence-corrected chi connectivity index (χ4v) is 1.47. The number of ether oxygens (including phenoxy) is 3. The maximum atomic E-state index is 11.6. The van der Waals surface area contributed by atoms with Gasteiger partial charge in [-0.1, -0.05) is 6.07 Å². The van der Waals surface area contributed by atoms with Crippen molar-refractivity contribution >= 4 is 11.5 Å². The van der Waals surface area contributed by atoms with Gasteiger partial charge in [0.15, 0.2) is 0 Å². The van der Waals surface area contributed by atoms with E-state index in [9.17, 15) is 4.79 Å². The van der Waals surface area contributed by atoms with E-state index in [1.165, 1.54) is 20.5 Å². The zero-order valence-corrected chi connectivity index (χ0v) is 10.4. The van der Waals surface area contributed by atoms with Gasteiger partial charge in [-0.3, -0.25) is 0 Å². The average Bonchev–Trinajstić information content (AvgIpc) is 2.36. The van der Waals surface area contributed by atoms with E-state index in [2.05, 4.69) is 0 Å². The molecule has 0 aliphatic carbocycles. The van der Waals surface area contributed by atoms with Crippen LogP contribution in [0.5, 0.6) is 5.75 Å². The van der Waals surface area contributed by atoms with Crippen LogP contribution in [0.2, 0.25) is 0 Å². The van der Waals surface area contributed by atoms with E-state index >= 15 is 0 Å². The Morgan fingerprint density at radius 2 is 1.94 bits per heavy atom. The lowest BCUT2D eigenvalue weighted by molar-refractivity contribution is -0.133. The van der Waals surface area contributed by atoms with Gasteiger partial charge in [0.25, 0.3) is 0 Å². The highest BCUT2D eigenvalue weighted by molar-refractivity contribution is 6.16. The van der Waals surface area contributed by atoms with Crippen molar-refractivity contribution in [2.24, 2.45) is 0 Å². The minimum absolute atomic E-state index is 0.367. The van der Waals surface area contributed by atoms with Gasteiger partial charge >= 0.3 is 5.97 Å². The molecule has 0 unspecified atom stereocenters. The van der Waals surface area contributed by atoms with Gasteiger partial charge in [-0.15, -0.1) is 0 Å². The SMILES string of the molecule is CO/C=C(/C(=O)OC)c1cc(OC)ccc1C. The molecule has 0 radical (unpaired) electrons. The summed E-state index contributed by atoms with van der Waals surface area (Å²) in [6.07, 6.45) is 1.37. The summed E-state index contributed by atoms with van der Waals surface area (Å²) in [5, 5.41) is 0. The van der Waals surface area contributed by atoms with Crippen LogP contribution in [-0.2, 0) is 14.3 Å². The van der Waals surface area contributed by atoms with Crippen molar-refractivity contribution in [2.75, 3.05) is 21.3 Å². The van der Waals surface area contributed by atoms with Crippen LogP contribution in [0.1, 0.15) is 11.1 Å². The molecule has 1 aromatic rings. The standard InChI is InChI=1S/C13H16O4/c1-9-5-6-10(16-3)7-11(9)12(8-15-2)13(14)17-4/h5-8H,1-4H3/b12-8+. The zero-order valence-electron chi connectivity index (χ0n) is 10.4. The summed E-state index contributed by atoms with van der Waals surface area (Å²) in [6, 6.07) is 5.48. The molecule has 0 aliphatic heterocycles. The molecule has 0 amide bonds. The first-order chi connectivity index (χ1) is 8.13. The number of carbonyl (C=O) groups excluding carboxylic acids is 1. The number of rotatable bonds is 4. The first-order valence-corrected chi connectivity index (χ1v) is 5.10. The van der Waals surface area contributed by atoms with Crippen LogP contribution < -0.4 is 4.74 Å². The molecule has 0 aliphatic rings. The molecule has 0 saturated carbocycles. The van der Waals surface area contributed by atoms with Crippen LogP contribution >= 0.6 is 0 Å². The van der Waals surface area contributed by atoms with Gasteiger partial charge < -0.3 is 14.2 Å². The molecule has 0 aromatic heterocycles. The molecule has 17 heavy (non-hydrogen) atoms. The quantitative estimate of drug-likeness (QED) is 0.456. The summed E-state index contributed by atoms with van der Waals surface area (Å²) in [7, 11) is 4.39. The second-order valence-corrected chi connectivity index (χ2v) is 3.44. The Kier molecular flexibility index (Phi) is 4.57. The molecular formula is C13H16O4. The summed E-state index contributed by atoms with van der Waals surface area (Å²) in [5.74, 6) is 0.236. The van der Waals surface area contributed by atoms with Crippen LogP contribution in [0.25, 0.3) is 5.57 Å². The highest BCUT2D eigenvalue weighted by atomic mass is 16.5. The maximum Gasteiger partial charge on any atom is 0.341 e. The lowest BCUT2D eigenvalue weighted by Gasteiger charge is -2.10. The van der Waals surface area contributed by atoms with E-state index in [1.807, 2.05) is 19.1 Å². The highest BCUT2D eigenvalue weighted by Crippen LogP contribution is 2.25. The molecule has 92 valence electrons. The lowest BCUT2D eigenvalue weighted by Crippen LogP contribution is -2.06. The normalized spacial score (nSPS) is 10.9. The van der Waals surface area contributed by atoms with Gasteiger partial charge in [0, 0.05) is 0 Å². The summed E-state index contributed by atoms with van der Waals surface area (Å²) >= 11 is 0. The zero-order chi connectivity index (χ0) is 12.8. The van der Waals surface area contributed by atoms with E-state index < -0.39 is 5.97 Å². The summed E-state index contributed by atoms with van der Waals surface area (Å²) in [6.45, 7) is 1.90. The third-order valence-corrected chi connectivity index (χ3v) is 2.38. The van der Waals surface area contributed by atoms with E-state index in [0.29, 0.717) is 11.3 Å². The van der Waals surface area contributed by atoms with Crippen LogP contribution in [0.15, 0.2) is 24.5 Å². The minimum atomic E-state index is -0.441. The van der Waals surface area contributed by atoms with E-state index in [1.54, 1.807) is 13.2 Å². The van der Waals surface area contributed by atoms with Crippen molar-refractivity contribution < 1.29 is 19.0 Å². The first-order valence-electron chi connectivity index (χ1n) is 5.10. The highest BCUT2D eigenvalue weighted by Gasteiger charge is 2.16. The van der Waals surface area contributed by atoms with Crippen molar-refractivity contribution in [3.8, 4) is 5.75 Å². The predicted octanol–water partition coefficient (Wildman–Crippen LogP) is 2.16. The van der Waals surface area contributed by atoms with Gasteiger partial charge in [-0.2, -0.15) is 0 Å². The Hall–Kier alpha value is -1.97. The van der Waals surface area contributed by atoms with E-state index in [0.717, 1.165) is 11.1 Å². The van der Waals surface area contributed by atoms with Gasteiger partial charge in [0.1, 0.15) is 11.3 Å². The second kappa shape index (κ2) is 5.94. The molecule has 0 bridgehead atoms. The number of benzene rings is 1. The molecule has 0 spiro atoms. The van der Waals surface area contributed by atoms with E-state index in [4.69, 9.17) is 14.2 Å². The summed E-state index contributed by atoms with van der Waals surface area (Å²) in [5.41, 5.74) is 2.05. The molecule has 4 heteroatoms. The van der Waals surface area contributed by atoms with Crippen LogP contribution in [0.3, 0.4) is 0 Å². The number of aryl methyl sites for hydroxylation is 1. The second-order valence-electron chi connectivity index (χ2n) is 3.44. The molecule has 0 N–H and O–H groups in total. The van der Waals surface area contributed by atoms with Crippen LogP contribution in [0.4, 0.5) is 0 Å². The molecular weight excluding hydrogens is 220 g/mol. The van der Waals surface area contributed by atoms with Crippen LogP contribution in [-0.4, -0.2) is 27.3 Å². The summed E-state index contributed by atoms with van der Waals surface area (Å²) < 4.78 is 14.8. The number of hydrogen-bond donors (Lipinski definition) is 0. The third-order valence-electron chi connectivity index (χ3n) is 2.38. The molecule has 4 nitrogen and oxygen atoms in total. The molecule has 0 saturated heterocycles. The van der Waals surface area contributed by atoms with Crippen LogP contribution in [0, 0.1) is 6.92 Å². The molecule has 1 aromatic carbocycles. The molecule has 0 heterocycles. The van der Waals surface area contributed by atoms with Crippen molar-refractivity contribution in [2.45, 2.75) is 6.92 Å². The maximum absolute atomic E-state index is 11.6. The van der Waals surface area contributed by atoms with E-state index in [-0.39, 0.29) is 0 Å². The summed E-state index contributed by atoms with van der Waals surface area (Å²) in [4.78, 5) is 11.6. The topological polar surface area (TPSA) is 44.8 Å². The monoisotopic (exact) mass is 236 g/mol. The van der Waals surface area contributed by atoms with Gasteiger partial charge in [0.2, 0.25) is 0 Å². The number of methoxy groups -OCH3 is 3. The fourth-order valence-electron chi connectivity index (χ4n) is 1.47. The minimum Gasteiger partial charge on any atom is -0.503 e. The Labute approximate surface area is 101 Å². The van der Waals surface area contributed by atoms with Gasteiger partial charge in [0.05, 0.1) is 27.6 Å². The number of carbonyl (C=O) groups is 1. The largest absolute Gasteiger partial charge is 0.503 e. The molecule has 0 fully saturated rings. The van der Waals surface area contributed by atoms with Crippen molar-refractivity contribution in [3.63, 3.8) is 0 Å². The predicted molar refractivity (Wildman–Crippen MR) is 64.7 cm³/mol. The lowest BCUT2D eigenvalue weighted by atomic mass is 10.0. The molecule has 1 rings (SSSR count).